The molecule has 0 saturated carbocycles. The predicted octanol–water partition coefficient (Wildman–Crippen LogP) is -0.939. The highest BCUT2D eigenvalue weighted by Gasteiger charge is 2.18. The molecule has 2 atom stereocenters. The summed E-state index contributed by atoms with van der Waals surface area (Å²) < 4.78 is 4.43. The lowest BCUT2D eigenvalue weighted by molar-refractivity contribution is -0.0155. The van der Waals surface area contributed by atoms with Gasteiger partial charge < -0.3 is 19.8 Å². The SMILES string of the molecule is OCC(O)C(O)c1cnoc1. The van der Waals surface area contributed by atoms with Gasteiger partial charge in [-0.2, -0.15) is 0 Å². The fraction of sp³-hybridized carbons (Fsp3) is 0.500. The van der Waals surface area contributed by atoms with Crippen molar-refractivity contribution in [2.45, 2.75) is 12.2 Å². The average molecular weight is 159 g/mol. The molecule has 0 radical (unpaired) electrons. The third-order valence-corrected chi connectivity index (χ3v) is 1.34. The highest BCUT2D eigenvalue weighted by Crippen LogP contribution is 2.14. The summed E-state index contributed by atoms with van der Waals surface area (Å²) in [6, 6.07) is 0. The maximum Gasteiger partial charge on any atom is 0.129 e. The molecule has 0 fully saturated rings. The van der Waals surface area contributed by atoms with Crippen molar-refractivity contribution in [2.75, 3.05) is 6.61 Å². The summed E-state index contributed by atoms with van der Waals surface area (Å²) >= 11 is 0. The third kappa shape index (κ3) is 1.76. The molecule has 1 aromatic heterocycles. The molecular weight excluding hydrogens is 150 g/mol. The topological polar surface area (TPSA) is 86.7 Å². The Kier molecular flexibility index (Phi) is 2.58. The zero-order valence-electron chi connectivity index (χ0n) is 5.71. The molecule has 11 heavy (non-hydrogen) atoms. The molecule has 62 valence electrons. The Balaban J connectivity index is 2.62. The van der Waals surface area contributed by atoms with Crippen molar-refractivity contribution in [1.29, 1.82) is 0 Å². The first-order chi connectivity index (χ1) is 5.25. The van der Waals surface area contributed by atoms with Crippen LogP contribution in [-0.2, 0) is 0 Å². The number of aromatic nitrogens is 1. The molecule has 0 bridgehead atoms. The lowest BCUT2D eigenvalue weighted by Gasteiger charge is -2.12. The first-order valence-corrected chi connectivity index (χ1v) is 3.12. The fourth-order valence-electron chi connectivity index (χ4n) is 0.681. The van der Waals surface area contributed by atoms with E-state index in [2.05, 4.69) is 9.68 Å². The van der Waals surface area contributed by atoms with Crippen LogP contribution >= 0.6 is 0 Å². The average Bonchev–Trinajstić information content (AvgIpc) is 2.53. The van der Waals surface area contributed by atoms with Crippen LogP contribution in [0.3, 0.4) is 0 Å². The third-order valence-electron chi connectivity index (χ3n) is 1.34. The van der Waals surface area contributed by atoms with Crippen molar-refractivity contribution >= 4 is 0 Å². The number of aliphatic hydroxyl groups is 3. The van der Waals surface area contributed by atoms with Gasteiger partial charge >= 0.3 is 0 Å². The van der Waals surface area contributed by atoms with Crippen molar-refractivity contribution in [3.05, 3.63) is 18.0 Å². The van der Waals surface area contributed by atoms with Crippen molar-refractivity contribution < 1.29 is 19.8 Å². The minimum atomic E-state index is -1.19. The summed E-state index contributed by atoms with van der Waals surface area (Å²) in [7, 11) is 0. The van der Waals surface area contributed by atoms with E-state index >= 15 is 0 Å². The van der Waals surface area contributed by atoms with E-state index in [9.17, 15) is 0 Å². The van der Waals surface area contributed by atoms with Crippen LogP contribution in [0.2, 0.25) is 0 Å². The normalized spacial score (nSPS) is 16.3. The van der Waals surface area contributed by atoms with Crippen molar-refractivity contribution in [2.24, 2.45) is 0 Å². The van der Waals surface area contributed by atoms with E-state index in [1.165, 1.54) is 12.5 Å². The van der Waals surface area contributed by atoms with Crippen LogP contribution in [0, 0.1) is 0 Å². The number of hydrogen-bond acceptors (Lipinski definition) is 5. The highest BCUT2D eigenvalue weighted by atomic mass is 16.5. The van der Waals surface area contributed by atoms with E-state index in [0.717, 1.165) is 0 Å². The predicted molar refractivity (Wildman–Crippen MR) is 34.6 cm³/mol. The van der Waals surface area contributed by atoms with Crippen LogP contribution in [-0.4, -0.2) is 33.2 Å². The van der Waals surface area contributed by atoms with Gasteiger partial charge in [0.15, 0.2) is 0 Å². The van der Waals surface area contributed by atoms with Crippen LogP contribution in [0.1, 0.15) is 11.7 Å². The lowest BCUT2D eigenvalue weighted by Crippen LogP contribution is -2.21. The Labute approximate surface area is 62.9 Å². The van der Waals surface area contributed by atoms with Crippen LogP contribution in [0.15, 0.2) is 17.0 Å². The van der Waals surface area contributed by atoms with Gasteiger partial charge in [0.1, 0.15) is 18.5 Å². The molecule has 1 aromatic rings. The number of hydrogen-bond donors (Lipinski definition) is 3. The van der Waals surface area contributed by atoms with Crippen molar-refractivity contribution in [3.63, 3.8) is 0 Å². The molecule has 1 heterocycles. The minimum Gasteiger partial charge on any atom is -0.394 e. The maximum atomic E-state index is 9.17. The molecule has 5 heteroatoms. The molecule has 1 rings (SSSR count). The van der Waals surface area contributed by atoms with Gasteiger partial charge in [0.2, 0.25) is 0 Å². The smallest absolute Gasteiger partial charge is 0.129 e. The summed E-state index contributed by atoms with van der Waals surface area (Å²) in [4.78, 5) is 0. The Hall–Kier alpha value is -0.910. The van der Waals surface area contributed by atoms with E-state index < -0.39 is 18.8 Å². The monoisotopic (exact) mass is 159 g/mol. The lowest BCUT2D eigenvalue weighted by atomic mass is 10.1. The van der Waals surface area contributed by atoms with E-state index in [-0.39, 0.29) is 0 Å². The largest absolute Gasteiger partial charge is 0.394 e. The number of nitrogens with zero attached hydrogens (tertiary/aromatic N) is 1. The maximum absolute atomic E-state index is 9.17. The Bertz CT molecular complexity index is 198. The highest BCUT2D eigenvalue weighted by molar-refractivity contribution is 5.06. The van der Waals surface area contributed by atoms with Gasteiger partial charge in [-0.1, -0.05) is 5.16 Å². The number of rotatable bonds is 3. The zero-order valence-corrected chi connectivity index (χ0v) is 5.71. The molecule has 2 unspecified atom stereocenters. The van der Waals surface area contributed by atoms with Gasteiger partial charge in [0.25, 0.3) is 0 Å². The van der Waals surface area contributed by atoms with Crippen LogP contribution in [0.25, 0.3) is 0 Å². The summed E-state index contributed by atoms with van der Waals surface area (Å²) in [5, 5.41) is 29.9. The van der Waals surface area contributed by atoms with E-state index in [4.69, 9.17) is 15.3 Å². The second-order valence-corrected chi connectivity index (χ2v) is 2.15. The van der Waals surface area contributed by atoms with Crippen molar-refractivity contribution in [1.82, 2.24) is 5.16 Å². The fourth-order valence-corrected chi connectivity index (χ4v) is 0.681. The molecular formula is C6H9NO4. The first kappa shape index (κ1) is 8.19. The Morgan fingerprint density at radius 2 is 2.27 bits per heavy atom. The van der Waals surface area contributed by atoms with Crippen LogP contribution < -0.4 is 0 Å². The number of aliphatic hydroxyl groups excluding tert-OH is 3. The van der Waals surface area contributed by atoms with E-state index in [1.54, 1.807) is 0 Å². The standard InChI is InChI=1S/C6H9NO4/c8-2-5(9)6(10)4-1-7-11-3-4/h1,3,5-6,8-10H,2H2. The Morgan fingerprint density at radius 1 is 1.55 bits per heavy atom. The van der Waals surface area contributed by atoms with Gasteiger partial charge in [0.05, 0.1) is 12.8 Å². The van der Waals surface area contributed by atoms with Crippen LogP contribution in [0.4, 0.5) is 0 Å². The molecule has 0 aromatic carbocycles. The molecule has 0 aliphatic carbocycles. The second-order valence-electron chi connectivity index (χ2n) is 2.15. The van der Waals surface area contributed by atoms with Crippen molar-refractivity contribution in [3.8, 4) is 0 Å². The van der Waals surface area contributed by atoms with Crippen LogP contribution in [0.5, 0.6) is 0 Å². The minimum absolute atomic E-state index is 0.353. The van der Waals surface area contributed by atoms with Gasteiger partial charge in [-0.3, -0.25) is 0 Å². The molecule has 0 aliphatic rings. The van der Waals surface area contributed by atoms with Gasteiger partial charge in [-0.15, -0.1) is 0 Å². The molecule has 0 saturated heterocycles. The molecule has 3 N–H and O–H groups in total. The molecule has 0 spiro atoms. The summed E-state index contributed by atoms with van der Waals surface area (Å²) in [6.07, 6.45) is 0.174. The summed E-state index contributed by atoms with van der Waals surface area (Å²) in [5.74, 6) is 0. The van der Waals surface area contributed by atoms with E-state index in [0.29, 0.717) is 5.56 Å². The first-order valence-electron chi connectivity index (χ1n) is 3.12. The molecule has 0 amide bonds. The zero-order chi connectivity index (χ0) is 8.27. The van der Waals surface area contributed by atoms with E-state index in [1.807, 2.05) is 0 Å². The van der Waals surface area contributed by atoms with Gasteiger partial charge in [-0.25, -0.2) is 0 Å². The summed E-state index contributed by atoms with van der Waals surface area (Å²) in [5.41, 5.74) is 0.353. The summed E-state index contributed by atoms with van der Waals surface area (Å²) in [6.45, 7) is -0.494. The molecule has 0 aliphatic heterocycles. The van der Waals surface area contributed by atoms with Gasteiger partial charge in [-0.05, 0) is 0 Å². The quantitative estimate of drug-likeness (QED) is 0.530. The van der Waals surface area contributed by atoms with Gasteiger partial charge in [0, 0.05) is 5.56 Å². The Morgan fingerprint density at radius 3 is 2.73 bits per heavy atom. The molecule has 5 nitrogen and oxygen atoms in total. The second kappa shape index (κ2) is 3.47.